The molecule has 0 unspecified atom stereocenters. The van der Waals surface area contributed by atoms with Crippen molar-refractivity contribution in [1.82, 2.24) is 5.32 Å². The standard InChI is InChI=1S/C20H21NO/c1-15-11-12-16-7-5-6-10-19(16)18(15)13-14-21-20(22)17-8-3-2-4-9-17/h2-12,15,18H,13-14H2,1H3,(H,21,22)/t15-,18+/m0/s1. The Bertz CT molecular complexity index is 675. The molecule has 0 radical (unpaired) electrons. The summed E-state index contributed by atoms with van der Waals surface area (Å²) in [5, 5.41) is 3.03. The summed E-state index contributed by atoms with van der Waals surface area (Å²) in [5.41, 5.74) is 3.42. The number of carbonyl (C=O) groups excluding carboxylic acids is 1. The minimum Gasteiger partial charge on any atom is -0.352 e. The van der Waals surface area contributed by atoms with Crippen LogP contribution in [0.25, 0.3) is 6.08 Å². The highest BCUT2D eigenvalue weighted by molar-refractivity contribution is 5.94. The molecule has 0 aliphatic heterocycles. The van der Waals surface area contributed by atoms with E-state index in [4.69, 9.17) is 0 Å². The molecule has 2 nitrogen and oxygen atoms in total. The van der Waals surface area contributed by atoms with Gasteiger partial charge in [-0.15, -0.1) is 0 Å². The maximum absolute atomic E-state index is 12.1. The number of carbonyl (C=O) groups is 1. The van der Waals surface area contributed by atoms with Crippen LogP contribution < -0.4 is 5.32 Å². The quantitative estimate of drug-likeness (QED) is 0.896. The van der Waals surface area contributed by atoms with Gasteiger partial charge in [0.25, 0.3) is 5.91 Å². The molecular weight excluding hydrogens is 270 g/mol. The van der Waals surface area contributed by atoms with Gasteiger partial charge in [-0.2, -0.15) is 0 Å². The summed E-state index contributed by atoms with van der Waals surface area (Å²) in [6.07, 6.45) is 5.44. The summed E-state index contributed by atoms with van der Waals surface area (Å²) in [4.78, 5) is 12.1. The van der Waals surface area contributed by atoms with Crippen LogP contribution in [-0.2, 0) is 0 Å². The molecule has 112 valence electrons. The van der Waals surface area contributed by atoms with Crippen LogP contribution in [-0.4, -0.2) is 12.5 Å². The van der Waals surface area contributed by atoms with Crippen molar-refractivity contribution in [1.29, 1.82) is 0 Å². The molecular formula is C20H21NO. The van der Waals surface area contributed by atoms with Crippen molar-refractivity contribution in [2.45, 2.75) is 19.3 Å². The molecule has 1 N–H and O–H groups in total. The van der Waals surface area contributed by atoms with Gasteiger partial charge < -0.3 is 5.32 Å². The molecule has 0 saturated heterocycles. The molecule has 0 heterocycles. The number of nitrogens with one attached hydrogen (secondary N) is 1. The van der Waals surface area contributed by atoms with E-state index in [2.05, 4.69) is 48.7 Å². The molecule has 2 aromatic rings. The number of hydrogen-bond donors (Lipinski definition) is 1. The van der Waals surface area contributed by atoms with Gasteiger partial charge >= 0.3 is 0 Å². The molecule has 2 heteroatoms. The van der Waals surface area contributed by atoms with Gasteiger partial charge in [-0.25, -0.2) is 0 Å². The second-order valence-electron chi connectivity index (χ2n) is 5.86. The number of hydrogen-bond acceptors (Lipinski definition) is 1. The third-order valence-corrected chi connectivity index (χ3v) is 4.39. The lowest BCUT2D eigenvalue weighted by Crippen LogP contribution is -2.27. The number of rotatable bonds is 4. The molecule has 22 heavy (non-hydrogen) atoms. The Morgan fingerprint density at radius 3 is 2.59 bits per heavy atom. The Labute approximate surface area is 131 Å². The van der Waals surface area contributed by atoms with E-state index in [0.717, 1.165) is 12.0 Å². The Kier molecular flexibility index (Phi) is 4.38. The van der Waals surface area contributed by atoms with E-state index < -0.39 is 0 Å². The fourth-order valence-electron chi connectivity index (χ4n) is 3.12. The van der Waals surface area contributed by atoms with Gasteiger partial charge in [0.05, 0.1) is 0 Å². The van der Waals surface area contributed by atoms with Crippen molar-refractivity contribution in [3.8, 4) is 0 Å². The molecule has 3 rings (SSSR count). The lowest BCUT2D eigenvalue weighted by Gasteiger charge is -2.27. The molecule has 2 aromatic carbocycles. The van der Waals surface area contributed by atoms with Crippen LogP contribution in [0.1, 0.15) is 40.7 Å². The summed E-state index contributed by atoms with van der Waals surface area (Å²) in [7, 11) is 0. The Morgan fingerprint density at radius 2 is 1.77 bits per heavy atom. The van der Waals surface area contributed by atoms with Gasteiger partial charge in [0.1, 0.15) is 0 Å². The summed E-state index contributed by atoms with van der Waals surface area (Å²) >= 11 is 0. The number of fused-ring (bicyclic) bond motifs is 1. The van der Waals surface area contributed by atoms with Crippen molar-refractivity contribution in [3.05, 3.63) is 77.4 Å². The molecule has 0 saturated carbocycles. The first kappa shape index (κ1) is 14.6. The molecule has 0 fully saturated rings. The molecule has 0 spiro atoms. The van der Waals surface area contributed by atoms with E-state index in [9.17, 15) is 4.79 Å². The largest absolute Gasteiger partial charge is 0.352 e. The van der Waals surface area contributed by atoms with Gasteiger partial charge in [0.2, 0.25) is 0 Å². The monoisotopic (exact) mass is 291 g/mol. The van der Waals surface area contributed by atoms with E-state index in [1.807, 2.05) is 30.3 Å². The molecule has 1 aliphatic rings. The van der Waals surface area contributed by atoms with Crippen LogP contribution >= 0.6 is 0 Å². The Hall–Kier alpha value is -2.35. The predicted octanol–water partition coefficient (Wildman–Crippen LogP) is 4.25. The highest BCUT2D eigenvalue weighted by atomic mass is 16.1. The molecule has 2 atom stereocenters. The van der Waals surface area contributed by atoms with E-state index >= 15 is 0 Å². The number of amides is 1. The van der Waals surface area contributed by atoms with Crippen LogP contribution in [0.3, 0.4) is 0 Å². The molecule has 0 aromatic heterocycles. The predicted molar refractivity (Wildman–Crippen MR) is 90.8 cm³/mol. The lowest BCUT2D eigenvalue weighted by atomic mass is 9.78. The van der Waals surface area contributed by atoms with E-state index in [1.54, 1.807) is 0 Å². The van der Waals surface area contributed by atoms with E-state index in [0.29, 0.717) is 18.4 Å². The van der Waals surface area contributed by atoms with Gasteiger partial charge in [0, 0.05) is 12.1 Å². The third kappa shape index (κ3) is 3.11. The van der Waals surface area contributed by atoms with Gasteiger partial charge in [-0.1, -0.05) is 61.5 Å². The first-order valence-corrected chi connectivity index (χ1v) is 7.86. The first-order valence-electron chi connectivity index (χ1n) is 7.86. The van der Waals surface area contributed by atoms with Crippen LogP contribution in [0.2, 0.25) is 0 Å². The zero-order valence-electron chi connectivity index (χ0n) is 12.8. The highest BCUT2D eigenvalue weighted by Gasteiger charge is 2.22. The van der Waals surface area contributed by atoms with Crippen LogP contribution in [0.5, 0.6) is 0 Å². The summed E-state index contributed by atoms with van der Waals surface area (Å²) in [5.74, 6) is 0.980. The minimum atomic E-state index is 0.00731. The smallest absolute Gasteiger partial charge is 0.251 e. The first-order chi connectivity index (χ1) is 10.8. The average molecular weight is 291 g/mol. The number of allylic oxidation sites excluding steroid dienone is 1. The second kappa shape index (κ2) is 6.61. The maximum Gasteiger partial charge on any atom is 0.251 e. The third-order valence-electron chi connectivity index (χ3n) is 4.39. The zero-order valence-corrected chi connectivity index (χ0v) is 12.8. The summed E-state index contributed by atoms with van der Waals surface area (Å²) in [6, 6.07) is 17.9. The van der Waals surface area contributed by atoms with Gasteiger partial charge in [0.15, 0.2) is 0 Å². The normalized spacial score (nSPS) is 19.5. The van der Waals surface area contributed by atoms with Crippen LogP contribution in [0.15, 0.2) is 60.7 Å². The SMILES string of the molecule is C[C@H]1C=Cc2ccccc2[C@@H]1CCNC(=O)c1ccccc1. The average Bonchev–Trinajstić information content (AvgIpc) is 2.57. The van der Waals surface area contributed by atoms with Crippen LogP contribution in [0, 0.1) is 5.92 Å². The molecule has 1 aliphatic carbocycles. The van der Waals surface area contributed by atoms with Crippen molar-refractivity contribution in [2.24, 2.45) is 5.92 Å². The topological polar surface area (TPSA) is 29.1 Å². The number of benzene rings is 2. The van der Waals surface area contributed by atoms with Crippen molar-refractivity contribution >= 4 is 12.0 Å². The minimum absolute atomic E-state index is 0.00731. The highest BCUT2D eigenvalue weighted by Crippen LogP contribution is 2.35. The summed E-state index contributed by atoms with van der Waals surface area (Å²) < 4.78 is 0. The Balaban J connectivity index is 1.62. The lowest BCUT2D eigenvalue weighted by molar-refractivity contribution is 0.0952. The molecule has 0 bridgehead atoms. The van der Waals surface area contributed by atoms with E-state index in [1.165, 1.54) is 11.1 Å². The zero-order chi connectivity index (χ0) is 15.4. The Morgan fingerprint density at radius 1 is 1.05 bits per heavy atom. The van der Waals surface area contributed by atoms with Gasteiger partial charge in [-0.3, -0.25) is 4.79 Å². The van der Waals surface area contributed by atoms with Crippen molar-refractivity contribution < 1.29 is 4.79 Å². The van der Waals surface area contributed by atoms with Crippen molar-refractivity contribution in [3.63, 3.8) is 0 Å². The van der Waals surface area contributed by atoms with E-state index in [-0.39, 0.29) is 5.91 Å². The molecule has 1 amide bonds. The second-order valence-corrected chi connectivity index (χ2v) is 5.86. The van der Waals surface area contributed by atoms with Gasteiger partial charge in [-0.05, 0) is 41.5 Å². The summed E-state index contributed by atoms with van der Waals surface area (Å²) in [6.45, 7) is 2.95. The fraction of sp³-hybridized carbons (Fsp3) is 0.250. The fourth-order valence-corrected chi connectivity index (χ4v) is 3.12. The maximum atomic E-state index is 12.1. The van der Waals surface area contributed by atoms with Crippen molar-refractivity contribution in [2.75, 3.05) is 6.54 Å². The van der Waals surface area contributed by atoms with Crippen LogP contribution in [0.4, 0.5) is 0 Å².